The van der Waals surface area contributed by atoms with Crippen molar-refractivity contribution in [2.24, 2.45) is 5.92 Å². The molecule has 0 rings (SSSR count). The van der Waals surface area contributed by atoms with Crippen LogP contribution >= 0.6 is 0 Å². The lowest BCUT2D eigenvalue weighted by Gasteiger charge is -2.04. The van der Waals surface area contributed by atoms with Crippen LogP contribution in [0.4, 0.5) is 0 Å². The molecule has 17 heavy (non-hydrogen) atoms. The van der Waals surface area contributed by atoms with Crippen LogP contribution in [0.3, 0.4) is 0 Å². The molecule has 0 amide bonds. The lowest BCUT2D eigenvalue weighted by Crippen LogP contribution is -1.87. The van der Waals surface area contributed by atoms with Gasteiger partial charge in [-0.2, -0.15) is 0 Å². The second-order valence-corrected chi connectivity index (χ2v) is 5.80. The summed E-state index contributed by atoms with van der Waals surface area (Å²) < 4.78 is 0. The van der Waals surface area contributed by atoms with Crippen LogP contribution in [0.25, 0.3) is 0 Å². The van der Waals surface area contributed by atoms with E-state index < -0.39 is 0 Å². The zero-order valence-corrected chi connectivity index (χ0v) is 12.2. The molecule has 0 atom stereocenters. The molecule has 0 aliphatic carbocycles. The largest absolute Gasteiger partial charge is 0.396 e. The van der Waals surface area contributed by atoms with Crippen LogP contribution in [0.15, 0.2) is 0 Å². The van der Waals surface area contributed by atoms with Gasteiger partial charge in [-0.1, -0.05) is 84.5 Å². The Balaban J connectivity index is 2.89. The van der Waals surface area contributed by atoms with Crippen LogP contribution in [0.1, 0.15) is 90.9 Å². The summed E-state index contributed by atoms with van der Waals surface area (Å²) in [7, 11) is 0. The molecule has 0 unspecified atom stereocenters. The minimum atomic E-state index is 0.371. The molecule has 0 saturated carbocycles. The molecule has 0 aliphatic rings. The van der Waals surface area contributed by atoms with Gasteiger partial charge in [-0.3, -0.25) is 0 Å². The molecule has 0 spiro atoms. The van der Waals surface area contributed by atoms with E-state index in [1.165, 1.54) is 70.6 Å². The minimum Gasteiger partial charge on any atom is -0.396 e. The summed E-state index contributed by atoms with van der Waals surface area (Å²) in [4.78, 5) is 0. The Morgan fingerprint density at radius 1 is 0.588 bits per heavy atom. The Morgan fingerprint density at radius 2 is 0.941 bits per heavy atom. The number of hydrogen-bond acceptors (Lipinski definition) is 1. The first kappa shape index (κ1) is 17.0. The van der Waals surface area contributed by atoms with E-state index in [2.05, 4.69) is 13.8 Å². The van der Waals surface area contributed by atoms with Crippen molar-refractivity contribution in [2.45, 2.75) is 90.9 Å². The Labute approximate surface area is 109 Å². The molecule has 0 radical (unpaired) electrons. The Kier molecular flexibility index (Phi) is 14.0. The highest BCUT2D eigenvalue weighted by Gasteiger charge is 1.95. The van der Waals surface area contributed by atoms with E-state index in [0.717, 1.165) is 12.3 Å². The zero-order valence-electron chi connectivity index (χ0n) is 12.2. The van der Waals surface area contributed by atoms with Gasteiger partial charge in [-0.15, -0.1) is 0 Å². The van der Waals surface area contributed by atoms with Crippen molar-refractivity contribution in [2.75, 3.05) is 6.61 Å². The van der Waals surface area contributed by atoms with E-state index in [1.807, 2.05) is 0 Å². The molecule has 0 aromatic rings. The van der Waals surface area contributed by atoms with Crippen LogP contribution in [0.2, 0.25) is 0 Å². The quantitative estimate of drug-likeness (QED) is 0.434. The van der Waals surface area contributed by atoms with E-state index in [1.54, 1.807) is 0 Å². The normalized spacial score (nSPS) is 11.3. The third kappa shape index (κ3) is 16.0. The average molecular weight is 242 g/mol. The summed E-state index contributed by atoms with van der Waals surface area (Å²) in [5.74, 6) is 0.883. The Bertz CT molecular complexity index is 131. The van der Waals surface area contributed by atoms with E-state index in [4.69, 9.17) is 5.11 Å². The van der Waals surface area contributed by atoms with E-state index >= 15 is 0 Å². The van der Waals surface area contributed by atoms with Gasteiger partial charge in [0.1, 0.15) is 0 Å². The molecule has 0 aromatic heterocycles. The molecule has 0 aliphatic heterocycles. The summed E-state index contributed by atoms with van der Waals surface area (Å²) >= 11 is 0. The van der Waals surface area contributed by atoms with E-state index in [0.29, 0.717) is 6.61 Å². The maximum absolute atomic E-state index is 8.64. The van der Waals surface area contributed by atoms with Crippen LogP contribution in [-0.4, -0.2) is 11.7 Å². The predicted molar refractivity (Wildman–Crippen MR) is 77.3 cm³/mol. The van der Waals surface area contributed by atoms with Crippen molar-refractivity contribution in [3.63, 3.8) is 0 Å². The van der Waals surface area contributed by atoms with Gasteiger partial charge in [-0.25, -0.2) is 0 Å². The van der Waals surface area contributed by atoms with Gasteiger partial charge in [0.25, 0.3) is 0 Å². The molecule has 0 fully saturated rings. The molecule has 0 aromatic carbocycles. The summed E-state index contributed by atoms with van der Waals surface area (Å²) in [5.41, 5.74) is 0. The monoisotopic (exact) mass is 242 g/mol. The highest BCUT2D eigenvalue weighted by Crippen LogP contribution is 2.13. The SMILES string of the molecule is CC(C)CCCCCCCCCCCCCO. The highest BCUT2D eigenvalue weighted by atomic mass is 16.2. The van der Waals surface area contributed by atoms with Gasteiger partial charge in [0.15, 0.2) is 0 Å². The molecule has 1 N–H and O–H groups in total. The maximum Gasteiger partial charge on any atom is 0.0431 e. The fourth-order valence-electron chi connectivity index (χ4n) is 2.26. The summed E-state index contributed by atoms with van der Waals surface area (Å²) in [6, 6.07) is 0. The topological polar surface area (TPSA) is 20.2 Å². The first-order valence-corrected chi connectivity index (χ1v) is 7.88. The molecule has 0 saturated heterocycles. The lowest BCUT2D eigenvalue weighted by molar-refractivity contribution is 0.282. The van der Waals surface area contributed by atoms with Crippen molar-refractivity contribution < 1.29 is 5.11 Å². The van der Waals surface area contributed by atoms with Gasteiger partial charge >= 0.3 is 0 Å². The van der Waals surface area contributed by atoms with Crippen LogP contribution < -0.4 is 0 Å². The molecular weight excluding hydrogens is 208 g/mol. The van der Waals surface area contributed by atoms with Crippen molar-refractivity contribution in [3.05, 3.63) is 0 Å². The van der Waals surface area contributed by atoms with Gasteiger partial charge in [0.05, 0.1) is 0 Å². The van der Waals surface area contributed by atoms with Gasteiger partial charge in [-0.05, 0) is 12.3 Å². The minimum absolute atomic E-state index is 0.371. The second kappa shape index (κ2) is 14.0. The number of unbranched alkanes of at least 4 members (excludes halogenated alkanes) is 10. The third-order valence-corrected chi connectivity index (χ3v) is 3.44. The molecule has 1 nitrogen and oxygen atoms in total. The smallest absolute Gasteiger partial charge is 0.0431 e. The number of hydrogen-bond donors (Lipinski definition) is 1. The maximum atomic E-state index is 8.64. The number of aliphatic hydroxyl groups excluding tert-OH is 1. The lowest BCUT2D eigenvalue weighted by atomic mass is 10.0. The third-order valence-electron chi connectivity index (χ3n) is 3.44. The first-order chi connectivity index (χ1) is 8.27. The predicted octanol–water partition coefficient (Wildman–Crippen LogP) is 5.32. The molecule has 1 heteroatoms. The van der Waals surface area contributed by atoms with Crippen molar-refractivity contribution >= 4 is 0 Å². The van der Waals surface area contributed by atoms with E-state index in [-0.39, 0.29) is 0 Å². The Hall–Kier alpha value is -0.0400. The summed E-state index contributed by atoms with van der Waals surface area (Å²) in [5, 5.41) is 8.64. The van der Waals surface area contributed by atoms with Crippen molar-refractivity contribution in [3.8, 4) is 0 Å². The van der Waals surface area contributed by atoms with Gasteiger partial charge in [0, 0.05) is 6.61 Å². The summed E-state index contributed by atoms with van der Waals surface area (Å²) in [6.45, 7) is 5.00. The zero-order chi connectivity index (χ0) is 12.8. The fourth-order valence-corrected chi connectivity index (χ4v) is 2.26. The van der Waals surface area contributed by atoms with Gasteiger partial charge in [0.2, 0.25) is 0 Å². The second-order valence-electron chi connectivity index (χ2n) is 5.80. The number of aliphatic hydroxyl groups is 1. The van der Waals surface area contributed by atoms with Crippen molar-refractivity contribution in [1.82, 2.24) is 0 Å². The molecule has 0 heterocycles. The van der Waals surface area contributed by atoms with Crippen molar-refractivity contribution in [1.29, 1.82) is 0 Å². The molecular formula is C16H34O. The molecule has 104 valence electrons. The molecule has 0 bridgehead atoms. The van der Waals surface area contributed by atoms with Crippen LogP contribution in [0.5, 0.6) is 0 Å². The standard InChI is InChI=1S/C16H34O/c1-16(2)14-12-10-8-6-4-3-5-7-9-11-13-15-17/h16-17H,3-15H2,1-2H3. The average Bonchev–Trinajstić information content (AvgIpc) is 2.30. The summed E-state index contributed by atoms with van der Waals surface area (Å²) in [6.07, 6.45) is 16.3. The Morgan fingerprint density at radius 3 is 1.29 bits per heavy atom. The van der Waals surface area contributed by atoms with Crippen LogP contribution in [0, 0.1) is 5.92 Å². The van der Waals surface area contributed by atoms with Crippen LogP contribution in [-0.2, 0) is 0 Å². The van der Waals surface area contributed by atoms with E-state index in [9.17, 15) is 0 Å². The highest BCUT2D eigenvalue weighted by molar-refractivity contribution is 4.50. The van der Waals surface area contributed by atoms with Gasteiger partial charge < -0.3 is 5.11 Å². The first-order valence-electron chi connectivity index (χ1n) is 7.88. The number of rotatable bonds is 13. The fraction of sp³-hybridized carbons (Fsp3) is 1.00.